The summed E-state index contributed by atoms with van der Waals surface area (Å²) < 4.78 is 87.5. The van der Waals surface area contributed by atoms with Crippen molar-refractivity contribution in [3.8, 4) is 17.1 Å². The fourth-order valence-corrected chi connectivity index (χ4v) is 4.55. The smallest absolute Gasteiger partial charge is 0.416 e. The number of rotatable bonds is 9. The average Bonchev–Trinajstić information content (AvgIpc) is 2.93. The van der Waals surface area contributed by atoms with Crippen LogP contribution in [0.25, 0.3) is 21.9 Å². The van der Waals surface area contributed by atoms with Crippen molar-refractivity contribution in [2.24, 2.45) is 0 Å². The number of hydrogen-bond acceptors (Lipinski definition) is 5. The zero-order chi connectivity index (χ0) is 30.7. The Bertz CT molecular complexity index is 1550. The number of amides is 1. The molecule has 0 unspecified atom stereocenters. The highest BCUT2D eigenvalue weighted by atomic mass is 19.4. The average molecular weight is 591 g/mol. The molecule has 4 rings (SSSR count). The summed E-state index contributed by atoms with van der Waals surface area (Å²) in [5, 5.41) is 4.00. The van der Waals surface area contributed by atoms with Gasteiger partial charge in [0.2, 0.25) is 0 Å². The molecule has 222 valence electrons. The van der Waals surface area contributed by atoms with Gasteiger partial charge in [-0.05, 0) is 60.6 Å². The van der Waals surface area contributed by atoms with Gasteiger partial charge in [-0.3, -0.25) is 4.79 Å². The Labute approximate surface area is 238 Å². The molecule has 0 spiro atoms. The van der Waals surface area contributed by atoms with E-state index < -0.39 is 35.8 Å². The molecule has 0 fully saturated rings. The second-order valence-corrected chi connectivity index (χ2v) is 9.88. The van der Waals surface area contributed by atoms with Crippen LogP contribution in [0.1, 0.15) is 39.3 Å². The number of hydrogen-bond donors (Lipinski definition) is 1. The maximum atomic E-state index is 13.6. The highest BCUT2D eigenvalue weighted by Crippen LogP contribution is 2.39. The SMILES string of the molecule is CNC(=O)c1nc(OCCCN(C)C)nc(Cc2cc(C(F)(F)F)cc(C(F)(F)F)c2)c1-c1cccc2ccccc12. The molecule has 0 aliphatic heterocycles. The number of aromatic nitrogens is 2. The van der Waals surface area contributed by atoms with Gasteiger partial charge in [0, 0.05) is 25.6 Å². The molecule has 0 saturated heterocycles. The number of alkyl halides is 6. The van der Waals surface area contributed by atoms with E-state index in [0.717, 1.165) is 5.39 Å². The predicted octanol–water partition coefficient (Wildman–Crippen LogP) is 6.62. The van der Waals surface area contributed by atoms with Crippen LogP contribution in [-0.4, -0.2) is 55.1 Å². The van der Waals surface area contributed by atoms with Crippen LogP contribution in [-0.2, 0) is 18.8 Å². The molecule has 3 aromatic carbocycles. The normalized spacial score (nSPS) is 12.1. The molecule has 0 bridgehead atoms. The lowest BCUT2D eigenvalue weighted by atomic mass is 9.92. The molecule has 12 heteroatoms. The quantitative estimate of drug-likeness (QED) is 0.176. The van der Waals surface area contributed by atoms with Gasteiger partial charge in [-0.15, -0.1) is 0 Å². The maximum Gasteiger partial charge on any atom is 0.416 e. The summed E-state index contributed by atoms with van der Waals surface area (Å²) in [4.78, 5) is 23.8. The lowest BCUT2D eigenvalue weighted by Crippen LogP contribution is -2.23. The number of fused-ring (bicyclic) bond motifs is 1. The number of nitrogens with zero attached hydrogens (tertiary/aromatic N) is 3. The number of halogens is 6. The van der Waals surface area contributed by atoms with Crippen LogP contribution in [0.3, 0.4) is 0 Å². The van der Waals surface area contributed by atoms with Crippen molar-refractivity contribution in [3.63, 3.8) is 0 Å². The molecule has 6 nitrogen and oxygen atoms in total. The Morgan fingerprint density at radius 3 is 2.17 bits per heavy atom. The Kier molecular flexibility index (Phi) is 9.05. The zero-order valence-electron chi connectivity index (χ0n) is 23.0. The summed E-state index contributed by atoms with van der Waals surface area (Å²) in [5.74, 6) is -0.625. The van der Waals surface area contributed by atoms with Crippen LogP contribution >= 0.6 is 0 Å². The number of carbonyl (C=O) groups is 1. The van der Waals surface area contributed by atoms with E-state index in [1.165, 1.54) is 7.05 Å². The zero-order valence-corrected chi connectivity index (χ0v) is 23.0. The van der Waals surface area contributed by atoms with Gasteiger partial charge in [-0.1, -0.05) is 42.5 Å². The molecule has 1 aromatic heterocycles. The van der Waals surface area contributed by atoms with Gasteiger partial charge in [0.15, 0.2) is 0 Å². The highest BCUT2D eigenvalue weighted by Gasteiger charge is 2.37. The summed E-state index contributed by atoms with van der Waals surface area (Å²) >= 11 is 0. The largest absolute Gasteiger partial charge is 0.463 e. The van der Waals surface area contributed by atoms with Crippen LogP contribution in [0, 0.1) is 0 Å². The van der Waals surface area contributed by atoms with Gasteiger partial charge >= 0.3 is 18.4 Å². The van der Waals surface area contributed by atoms with Crippen LogP contribution in [0.15, 0.2) is 60.7 Å². The van der Waals surface area contributed by atoms with Crippen molar-refractivity contribution >= 4 is 16.7 Å². The third kappa shape index (κ3) is 7.17. The van der Waals surface area contributed by atoms with Crippen LogP contribution in [0.5, 0.6) is 6.01 Å². The number of ether oxygens (including phenoxy) is 1. The fraction of sp³-hybridized carbons (Fsp3) is 0.300. The monoisotopic (exact) mass is 590 g/mol. The van der Waals surface area contributed by atoms with Gasteiger partial charge in [-0.25, -0.2) is 0 Å². The molecule has 4 aromatic rings. The van der Waals surface area contributed by atoms with E-state index in [1.807, 2.05) is 37.2 Å². The molecule has 0 atom stereocenters. The van der Waals surface area contributed by atoms with E-state index in [0.29, 0.717) is 36.0 Å². The topological polar surface area (TPSA) is 67.3 Å². The fourth-order valence-electron chi connectivity index (χ4n) is 4.55. The molecule has 0 aliphatic carbocycles. The minimum atomic E-state index is -5.02. The Morgan fingerprint density at radius 2 is 1.55 bits per heavy atom. The van der Waals surface area contributed by atoms with Crippen molar-refractivity contribution in [2.45, 2.75) is 25.2 Å². The summed E-state index contributed by atoms with van der Waals surface area (Å²) in [6, 6.07) is 13.6. The molecular formula is C30H28F6N4O2. The first-order chi connectivity index (χ1) is 19.8. The standard InChI is InChI=1S/C30H28F6N4O2/c1-37-27(41)26-25(23-11-6-9-19-8-4-5-10-22(19)23)24(38-28(39-26)42-13-7-12-40(2)3)16-18-14-20(29(31,32)33)17-21(15-18)30(34,35)36/h4-6,8-11,14-15,17H,7,12-13,16H2,1-3H3,(H,37,41). The molecule has 0 aliphatic rings. The van der Waals surface area contributed by atoms with Crippen LogP contribution < -0.4 is 10.1 Å². The Hall–Kier alpha value is -4.19. The van der Waals surface area contributed by atoms with Crippen LogP contribution in [0.4, 0.5) is 26.3 Å². The Balaban J connectivity index is 1.95. The molecule has 0 radical (unpaired) electrons. The van der Waals surface area contributed by atoms with Crippen molar-refractivity contribution in [3.05, 3.63) is 88.7 Å². The third-order valence-corrected chi connectivity index (χ3v) is 6.46. The lowest BCUT2D eigenvalue weighted by Gasteiger charge is -2.18. The van der Waals surface area contributed by atoms with E-state index in [4.69, 9.17) is 4.74 Å². The molecule has 1 heterocycles. The summed E-state index contributed by atoms with van der Waals surface area (Å²) in [5.41, 5.74) is -2.60. The van der Waals surface area contributed by atoms with E-state index >= 15 is 0 Å². The maximum absolute atomic E-state index is 13.6. The highest BCUT2D eigenvalue weighted by molar-refractivity contribution is 6.05. The summed E-state index contributed by atoms with van der Waals surface area (Å²) in [6.45, 7) is 0.841. The van der Waals surface area contributed by atoms with E-state index in [2.05, 4.69) is 15.3 Å². The van der Waals surface area contributed by atoms with Crippen molar-refractivity contribution in [2.75, 3.05) is 34.3 Å². The molecule has 1 N–H and O–H groups in total. The van der Waals surface area contributed by atoms with Crippen molar-refractivity contribution in [1.82, 2.24) is 20.2 Å². The van der Waals surface area contributed by atoms with Crippen molar-refractivity contribution in [1.29, 1.82) is 0 Å². The minimum absolute atomic E-state index is 0.0370. The van der Waals surface area contributed by atoms with Gasteiger partial charge in [0.25, 0.3) is 5.91 Å². The lowest BCUT2D eigenvalue weighted by molar-refractivity contribution is -0.143. The molecule has 42 heavy (non-hydrogen) atoms. The first-order valence-electron chi connectivity index (χ1n) is 12.9. The van der Waals surface area contributed by atoms with Gasteiger partial charge < -0.3 is 15.0 Å². The Morgan fingerprint density at radius 1 is 0.905 bits per heavy atom. The third-order valence-electron chi connectivity index (χ3n) is 6.46. The number of carbonyl (C=O) groups excluding carboxylic acids is 1. The predicted molar refractivity (Wildman–Crippen MR) is 146 cm³/mol. The van der Waals surface area contributed by atoms with E-state index in [-0.39, 0.29) is 41.2 Å². The second kappa shape index (κ2) is 12.4. The number of benzene rings is 3. The first-order valence-corrected chi connectivity index (χ1v) is 12.9. The van der Waals surface area contributed by atoms with Crippen molar-refractivity contribution < 1.29 is 35.9 Å². The molecule has 0 saturated carbocycles. The van der Waals surface area contributed by atoms with E-state index in [9.17, 15) is 31.1 Å². The summed E-state index contributed by atoms with van der Waals surface area (Å²) in [6.07, 6.45) is -9.93. The molecular weight excluding hydrogens is 562 g/mol. The molecule has 1 amide bonds. The van der Waals surface area contributed by atoms with Gasteiger partial charge in [0.05, 0.1) is 23.4 Å². The van der Waals surface area contributed by atoms with E-state index in [1.54, 1.807) is 24.3 Å². The first kappa shape index (κ1) is 30.8. The van der Waals surface area contributed by atoms with Gasteiger partial charge in [-0.2, -0.15) is 36.3 Å². The van der Waals surface area contributed by atoms with Crippen LogP contribution in [0.2, 0.25) is 0 Å². The number of nitrogens with one attached hydrogen (secondary N) is 1. The minimum Gasteiger partial charge on any atom is -0.463 e. The van der Waals surface area contributed by atoms with Gasteiger partial charge in [0.1, 0.15) is 5.69 Å². The summed E-state index contributed by atoms with van der Waals surface area (Å²) in [7, 11) is 5.14. The second-order valence-electron chi connectivity index (χ2n) is 9.88.